The van der Waals surface area contributed by atoms with Crippen LogP contribution in [0.15, 0.2) is 36.4 Å². The zero-order valence-electron chi connectivity index (χ0n) is 16.0. The molecule has 0 radical (unpaired) electrons. The van der Waals surface area contributed by atoms with Crippen LogP contribution in [-0.4, -0.2) is 37.6 Å². The third-order valence-electron chi connectivity index (χ3n) is 4.90. The van der Waals surface area contributed by atoms with Crippen LogP contribution in [0.5, 0.6) is 11.5 Å². The molecule has 1 saturated heterocycles. The fraction of sp³-hybridized carbons (Fsp3) is 0.333. The summed E-state index contributed by atoms with van der Waals surface area (Å²) in [5, 5.41) is 6.48. The van der Waals surface area contributed by atoms with Gasteiger partial charge in [-0.05, 0) is 43.7 Å². The van der Waals surface area contributed by atoms with Gasteiger partial charge in [0, 0.05) is 30.4 Å². The Morgan fingerprint density at radius 2 is 1.86 bits per heavy atom. The molecule has 0 unspecified atom stereocenters. The molecule has 29 heavy (non-hydrogen) atoms. The molecular weight excluding hydrogens is 394 g/mol. The Labute approximate surface area is 173 Å². The Balaban J connectivity index is 1.39. The van der Waals surface area contributed by atoms with Gasteiger partial charge in [0.2, 0.25) is 11.8 Å². The van der Waals surface area contributed by atoms with E-state index in [4.69, 9.17) is 21.1 Å². The first-order valence-corrected chi connectivity index (χ1v) is 9.96. The van der Waals surface area contributed by atoms with E-state index in [1.807, 2.05) is 6.07 Å². The first kappa shape index (κ1) is 19.4. The molecule has 8 heteroatoms. The Morgan fingerprint density at radius 1 is 1.10 bits per heavy atom. The van der Waals surface area contributed by atoms with Crippen molar-refractivity contribution in [2.75, 3.05) is 35.3 Å². The molecule has 4 rings (SSSR count). The van der Waals surface area contributed by atoms with Gasteiger partial charge >= 0.3 is 0 Å². The highest BCUT2D eigenvalue weighted by molar-refractivity contribution is 6.34. The molecule has 2 heterocycles. The van der Waals surface area contributed by atoms with E-state index in [2.05, 4.69) is 10.6 Å². The maximum atomic E-state index is 12.6. The van der Waals surface area contributed by atoms with Crippen molar-refractivity contribution in [3.63, 3.8) is 0 Å². The van der Waals surface area contributed by atoms with Gasteiger partial charge in [-0.25, -0.2) is 0 Å². The second-order valence-electron chi connectivity index (χ2n) is 7.03. The third-order valence-corrected chi connectivity index (χ3v) is 5.20. The zero-order valence-corrected chi connectivity index (χ0v) is 16.8. The van der Waals surface area contributed by atoms with E-state index in [0.717, 1.165) is 6.42 Å². The van der Waals surface area contributed by atoms with E-state index in [1.165, 1.54) is 0 Å². The number of nitrogens with zero attached hydrogens (tertiary/aromatic N) is 1. The SMILES string of the molecule is C[C@@H](Nc1ccc(N2CCCC2=O)c(Cl)c1)C(=O)Nc1ccc2c(c1)OCCO2. The summed E-state index contributed by atoms with van der Waals surface area (Å²) in [6, 6.07) is 10.2. The predicted octanol–water partition coefficient (Wildman–Crippen LogP) is 3.68. The fourth-order valence-corrected chi connectivity index (χ4v) is 3.69. The van der Waals surface area contributed by atoms with Gasteiger partial charge in [-0.1, -0.05) is 11.6 Å². The molecule has 2 aliphatic heterocycles. The quantitative estimate of drug-likeness (QED) is 0.778. The summed E-state index contributed by atoms with van der Waals surface area (Å²) >= 11 is 6.37. The second-order valence-corrected chi connectivity index (χ2v) is 7.44. The van der Waals surface area contributed by atoms with Gasteiger partial charge in [0.1, 0.15) is 19.3 Å². The van der Waals surface area contributed by atoms with Crippen LogP contribution < -0.4 is 25.0 Å². The van der Waals surface area contributed by atoms with Gasteiger partial charge in [-0.3, -0.25) is 9.59 Å². The number of fused-ring (bicyclic) bond motifs is 1. The highest BCUT2D eigenvalue weighted by Crippen LogP contribution is 2.33. The van der Waals surface area contributed by atoms with E-state index in [-0.39, 0.29) is 11.8 Å². The number of hydrogen-bond donors (Lipinski definition) is 2. The summed E-state index contributed by atoms with van der Waals surface area (Å²) in [5.74, 6) is 1.18. The first-order chi connectivity index (χ1) is 14.0. The molecule has 0 spiro atoms. The molecule has 2 aliphatic rings. The van der Waals surface area contributed by atoms with Crippen molar-refractivity contribution in [2.45, 2.75) is 25.8 Å². The van der Waals surface area contributed by atoms with Crippen LogP contribution in [0.3, 0.4) is 0 Å². The smallest absolute Gasteiger partial charge is 0.246 e. The second kappa shape index (κ2) is 8.21. The summed E-state index contributed by atoms with van der Waals surface area (Å²) in [5.41, 5.74) is 2.04. The molecule has 7 nitrogen and oxygen atoms in total. The van der Waals surface area contributed by atoms with Gasteiger partial charge in [-0.15, -0.1) is 0 Å². The molecule has 0 bridgehead atoms. The van der Waals surface area contributed by atoms with Crippen molar-refractivity contribution in [3.8, 4) is 11.5 Å². The molecule has 1 atom stereocenters. The number of amides is 2. The van der Waals surface area contributed by atoms with E-state index in [9.17, 15) is 9.59 Å². The average molecular weight is 416 g/mol. The van der Waals surface area contributed by atoms with Crippen molar-refractivity contribution in [2.24, 2.45) is 0 Å². The lowest BCUT2D eigenvalue weighted by Crippen LogP contribution is -2.32. The Hall–Kier alpha value is -2.93. The largest absolute Gasteiger partial charge is 0.486 e. The standard InChI is InChI=1S/C21H22ClN3O4/c1-13(21(27)24-15-5-7-18-19(12-15)29-10-9-28-18)23-14-4-6-17(16(22)11-14)25-8-2-3-20(25)26/h4-7,11-13,23H,2-3,8-10H2,1H3,(H,24,27)/t13-/m1/s1. The summed E-state index contributed by atoms with van der Waals surface area (Å²) in [7, 11) is 0. The monoisotopic (exact) mass is 415 g/mol. The molecular formula is C21H22ClN3O4. The summed E-state index contributed by atoms with van der Waals surface area (Å²) < 4.78 is 11.0. The zero-order chi connectivity index (χ0) is 20.4. The average Bonchev–Trinajstić information content (AvgIpc) is 3.13. The van der Waals surface area contributed by atoms with Crippen molar-refractivity contribution < 1.29 is 19.1 Å². The van der Waals surface area contributed by atoms with Crippen LogP contribution >= 0.6 is 11.6 Å². The maximum Gasteiger partial charge on any atom is 0.246 e. The predicted molar refractivity (Wildman–Crippen MR) is 112 cm³/mol. The number of anilines is 3. The minimum Gasteiger partial charge on any atom is -0.486 e. The van der Waals surface area contributed by atoms with E-state index in [1.54, 1.807) is 42.2 Å². The van der Waals surface area contributed by atoms with Gasteiger partial charge in [0.25, 0.3) is 0 Å². The molecule has 0 aliphatic carbocycles. The molecule has 2 aromatic rings. The lowest BCUT2D eigenvalue weighted by atomic mass is 10.2. The number of hydrogen-bond acceptors (Lipinski definition) is 5. The van der Waals surface area contributed by atoms with Crippen LogP contribution in [0.4, 0.5) is 17.1 Å². The topological polar surface area (TPSA) is 79.9 Å². The summed E-state index contributed by atoms with van der Waals surface area (Å²) in [4.78, 5) is 26.2. The van der Waals surface area contributed by atoms with Gasteiger partial charge in [0.05, 0.1) is 10.7 Å². The molecule has 0 saturated carbocycles. The van der Waals surface area contributed by atoms with Crippen molar-refractivity contribution in [1.82, 2.24) is 0 Å². The molecule has 1 fully saturated rings. The van der Waals surface area contributed by atoms with Crippen molar-refractivity contribution in [3.05, 3.63) is 41.4 Å². The lowest BCUT2D eigenvalue weighted by molar-refractivity contribution is -0.117. The molecule has 0 aromatic heterocycles. The van der Waals surface area contributed by atoms with Crippen LogP contribution in [-0.2, 0) is 9.59 Å². The summed E-state index contributed by atoms with van der Waals surface area (Å²) in [6.45, 7) is 3.45. The van der Waals surface area contributed by atoms with Crippen LogP contribution in [0.25, 0.3) is 0 Å². The number of rotatable bonds is 5. The minimum atomic E-state index is -0.501. The van der Waals surface area contributed by atoms with Crippen LogP contribution in [0, 0.1) is 0 Å². The van der Waals surface area contributed by atoms with E-state index in [0.29, 0.717) is 59.8 Å². The number of ether oxygens (including phenoxy) is 2. The van der Waals surface area contributed by atoms with E-state index < -0.39 is 6.04 Å². The Morgan fingerprint density at radius 3 is 2.59 bits per heavy atom. The molecule has 152 valence electrons. The maximum absolute atomic E-state index is 12.6. The van der Waals surface area contributed by atoms with Gasteiger partial charge < -0.3 is 25.0 Å². The molecule has 2 aromatic carbocycles. The van der Waals surface area contributed by atoms with Crippen molar-refractivity contribution in [1.29, 1.82) is 0 Å². The minimum absolute atomic E-state index is 0.0831. The normalized spacial score (nSPS) is 16.5. The lowest BCUT2D eigenvalue weighted by Gasteiger charge is -2.21. The Kier molecular flexibility index (Phi) is 5.49. The van der Waals surface area contributed by atoms with E-state index >= 15 is 0 Å². The summed E-state index contributed by atoms with van der Waals surface area (Å²) in [6.07, 6.45) is 1.39. The molecule has 2 N–H and O–H groups in total. The number of carbonyl (C=O) groups is 2. The number of nitrogens with one attached hydrogen (secondary N) is 2. The van der Waals surface area contributed by atoms with Gasteiger partial charge in [0.15, 0.2) is 11.5 Å². The first-order valence-electron chi connectivity index (χ1n) is 9.58. The van der Waals surface area contributed by atoms with Crippen molar-refractivity contribution >= 4 is 40.5 Å². The Bertz CT molecular complexity index is 950. The fourth-order valence-electron chi connectivity index (χ4n) is 3.41. The number of benzene rings is 2. The number of halogens is 1. The van der Waals surface area contributed by atoms with Crippen LogP contribution in [0.2, 0.25) is 5.02 Å². The molecule has 2 amide bonds. The third kappa shape index (κ3) is 4.24. The van der Waals surface area contributed by atoms with Crippen LogP contribution in [0.1, 0.15) is 19.8 Å². The number of carbonyl (C=O) groups excluding carboxylic acids is 2. The van der Waals surface area contributed by atoms with Gasteiger partial charge in [-0.2, -0.15) is 0 Å². The highest BCUT2D eigenvalue weighted by atomic mass is 35.5. The highest BCUT2D eigenvalue weighted by Gasteiger charge is 2.24.